The van der Waals surface area contributed by atoms with Gasteiger partial charge in [0.15, 0.2) is 0 Å². The first kappa shape index (κ1) is 72.2. The zero-order valence-electron chi connectivity index (χ0n) is 34.0. The van der Waals surface area contributed by atoms with E-state index in [-0.39, 0.29) is 57.8 Å². The van der Waals surface area contributed by atoms with Crippen LogP contribution in [0.1, 0.15) is 158 Å². The number of Topliss-reactive ketones (excluding diaryl/α,β-unsaturated/α-hetero) is 1. The van der Waals surface area contributed by atoms with Crippen molar-refractivity contribution in [2.24, 2.45) is 0 Å². The van der Waals surface area contributed by atoms with Crippen molar-refractivity contribution >= 4 is 17.2 Å². The van der Waals surface area contributed by atoms with Crippen molar-refractivity contribution in [2.45, 2.75) is 178 Å². The molecular weight excluding hydrogens is 713 g/mol. The molecule has 4 fully saturated rings. The number of carbonyl (C=O) groups excluding carboxylic acids is 1. The number of carbonyl (C=O) groups is 1. The minimum absolute atomic E-state index is 0. The molecule has 0 saturated carbocycles. The molecular formula is C49H102N2O6. The van der Waals surface area contributed by atoms with Gasteiger partial charge in [0.1, 0.15) is 5.78 Å². The van der Waals surface area contributed by atoms with Gasteiger partial charge in [-0.05, 0) is 55.7 Å². The van der Waals surface area contributed by atoms with Crippen molar-refractivity contribution in [3.8, 4) is 0 Å². The third-order valence-corrected chi connectivity index (χ3v) is 6.32. The molecule has 0 aromatic heterocycles. The summed E-state index contributed by atoms with van der Waals surface area (Å²) in [7, 11) is 3.25. The molecule has 0 N–H and O–H groups in total. The summed E-state index contributed by atoms with van der Waals surface area (Å²) in [6.45, 7) is 27.4. The maximum absolute atomic E-state index is 9.44. The van der Waals surface area contributed by atoms with Gasteiger partial charge in [0.25, 0.3) is 0 Å². The number of ketones is 1. The number of epoxide rings is 4. The van der Waals surface area contributed by atoms with E-state index in [9.17, 15) is 4.79 Å². The molecule has 2 aromatic rings. The molecule has 57 heavy (non-hydrogen) atoms. The van der Waals surface area contributed by atoms with E-state index in [0.717, 1.165) is 59.0 Å². The Hall–Kier alpha value is -2.49. The molecule has 4 unspecified atom stereocenters. The Morgan fingerprint density at radius 3 is 0.789 bits per heavy atom. The van der Waals surface area contributed by atoms with Crippen molar-refractivity contribution in [1.82, 2.24) is 0 Å². The molecule has 0 aliphatic carbocycles. The minimum Gasteiger partial charge on any atom is -0.388 e. The summed E-state index contributed by atoms with van der Waals surface area (Å²) in [5.74, 6) is 0.167. The molecule has 4 atom stereocenters. The standard InChI is InChI=1S/C25H30N2O4.C3H6O.4C3H8.C2H6O.7CH4/c1-5-20(26(10-22-14-28-22)11-23-15-29-23)6-2-18(1)9-19-3-7-21(8-4-19)27(12-24-16-30-24)13-25-17-31-25;1-3(2)4;5*1-3-2;;;;;;;/h1-8,22-25H,9-17H2;1-2H3;4*3H2,1-2H3;1-2H3;7*1H4. The topological polar surface area (TPSA) is 82.9 Å². The second kappa shape index (κ2) is 46.2. The van der Waals surface area contributed by atoms with Crippen LogP contribution in [0.25, 0.3) is 0 Å². The van der Waals surface area contributed by atoms with Gasteiger partial charge in [0.2, 0.25) is 0 Å². The predicted octanol–water partition coefficient (Wildman–Crippen LogP) is 13.5. The van der Waals surface area contributed by atoms with Gasteiger partial charge < -0.3 is 38.3 Å². The molecule has 6 rings (SSSR count). The average molecular weight is 815 g/mol. The summed E-state index contributed by atoms with van der Waals surface area (Å²) in [4.78, 5) is 14.2. The molecule has 0 spiro atoms. The van der Waals surface area contributed by atoms with Crippen LogP contribution >= 0.6 is 0 Å². The van der Waals surface area contributed by atoms with Gasteiger partial charge in [-0.2, -0.15) is 0 Å². The highest BCUT2D eigenvalue weighted by Crippen LogP contribution is 2.26. The van der Waals surface area contributed by atoms with Gasteiger partial charge >= 0.3 is 0 Å². The van der Waals surface area contributed by atoms with Crippen molar-refractivity contribution in [2.75, 3.05) is 76.6 Å². The Balaban J connectivity index is -0.000000133. The number of anilines is 2. The molecule has 8 nitrogen and oxygen atoms in total. The smallest absolute Gasteiger partial charge is 0.126 e. The van der Waals surface area contributed by atoms with E-state index in [1.54, 1.807) is 14.2 Å². The summed E-state index contributed by atoms with van der Waals surface area (Å²) in [6.07, 6.45) is 7.48. The Labute approximate surface area is 358 Å². The fraction of sp³-hybridized carbons (Fsp3) is 0.735. The normalized spacial score (nSPS) is 17.1. The van der Waals surface area contributed by atoms with E-state index in [2.05, 4.69) is 118 Å². The molecule has 4 aliphatic heterocycles. The van der Waals surface area contributed by atoms with E-state index < -0.39 is 0 Å². The number of benzene rings is 2. The minimum atomic E-state index is 0. The predicted molar refractivity (Wildman–Crippen MR) is 259 cm³/mol. The fourth-order valence-electron chi connectivity index (χ4n) is 4.13. The first-order chi connectivity index (χ1) is 24.1. The number of rotatable bonds is 12. The van der Waals surface area contributed by atoms with Crippen molar-refractivity contribution in [1.29, 1.82) is 0 Å². The number of nitrogens with zero attached hydrogens (tertiary/aromatic N) is 2. The largest absolute Gasteiger partial charge is 0.388 e. The Morgan fingerprint density at radius 1 is 0.491 bits per heavy atom. The molecule has 0 amide bonds. The number of ether oxygens (including phenoxy) is 5. The van der Waals surface area contributed by atoms with Gasteiger partial charge in [0.05, 0.1) is 50.8 Å². The van der Waals surface area contributed by atoms with Gasteiger partial charge in [0, 0.05) is 51.8 Å². The SMILES string of the molecule is C.C.C.C.C.C.C.CC(C)=O.CCC.CCC.CCC.CCC.COC.c1cc(N(CC2CO2)CC2CO2)ccc1Cc1ccc(N(CC2CO2)CC2CO2)cc1. The first-order valence-electron chi connectivity index (χ1n) is 19.1. The Morgan fingerprint density at radius 2 is 0.649 bits per heavy atom. The van der Waals surface area contributed by atoms with Gasteiger partial charge in [-0.1, -0.05) is 157 Å². The van der Waals surface area contributed by atoms with Crippen LogP contribution in [0, 0.1) is 0 Å². The lowest BCUT2D eigenvalue weighted by atomic mass is 10.0. The summed E-state index contributed by atoms with van der Waals surface area (Å²) < 4.78 is 26.0. The average Bonchev–Trinajstić information content (AvgIpc) is 3.84. The van der Waals surface area contributed by atoms with Crippen LogP contribution in [0.4, 0.5) is 11.4 Å². The lowest BCUT2D eigenvalue weighted by molar-refractivity contribution is -0.115. The highest BCUT2D eigenvalue weighted by Gasteiger charge is 2.32. The summed E-state index contributed by atoms with van der Waals surface area (Å²) >= 11 is 0. The van der Waals surface area contributed by atoms with E-state index in [0.29, 0.717) is 24.4 Å². The van der Waals surface area contributed by atoms with Crippen molar-refractivity contribution in [3.63, 3.8) is 0 Å². The summed E-state index contributed by atoms with van der Waals surface area (Å²) in [5.41, 5.74) is 5.17. The van der Waals surface area contributed by atoms with Crippen molar-refractivity contribution in [3.05, 3.63) is 59.7 Å². The maximum Gasteiger partial charge on any atom is 0.126 e. The van der Waals surface area contributed by atoms with E-state index in [4.69, 9.17) is 18.9 Å². The molecule has 4 heterocycles. The molecule has 0 bridgehead atoms. The number of hydrogen-bond acceptors (Lipinski definition) is 8. The van der Waals surface area contributed by atoms with Gasteiger partial charge in [-0.25, -0.2) is 0 Å². The van der Waals surface area contributed by atoms with Crippen LogP contribution in [-0.4, -0.2) is 97.0 Å². The molecule has 0 radical (unpaired) electrons. The maximum atomic E-state index is 9.44. The van der Waals surface area contributed by atoms with Gasteiger partial charge in [-0.3, -0.25) is 0 Å². The van der Waals surface area contributed by atoms with E-state index >= 15 is 0 Å². The van der Waals surface area contributed by atoms with Crippen LogP contribution in [0.15, 0.2) is 48.5 Å². The van der Waals surface area contributed by atoms with Crippen LogP contribution in [0.2, 0.25) is 0 Å². The van der Waals surface area contributed by atoms with E-state index in [1.807, 2.05) is 0 Å². The van der Waals surface area contributed by atoms with Gasteiger partial charge in [-0.15, -0.1) is 0 Å². The number of methoxy groups -OCH3 is 1. The zero-order chi connectivity index (χ0) is 37.7. The molecule has 4 saturated heterocycles. The van der Waals surface area contributed by atoms with E-state index in [1.165, 1.54) is 62.0 Å². The molecule has 2 aromatic carbocycles. The van der Waals surface area contributed by atoms with Crippen LogP contribution in [0.3, 0.4) is 0 Å². The summed E-state index contributed by atoms with van der Waals surface area (Å²) in [5, 5.41) is 0. The zero-order valence-corrected chi connectivity index (χ0v) is 34.0. The highest BCUT2D eigenvalue weighted by atomic mass is 16.6. The molecule has 4 aliphatic rings. The van der Waals surface area contributed by atoms with Crippen LogP contribution < -0.4 is 9.80 Å². The Kier molecular flexibility index (Phi) is 58.5. The first-order valence-corrected chi connectivity index (χ1v) is 19.1. The third kappa shape index (κ3) is 42.9. The monoisotopic (exact) mass is 815 g/mol. The number of hydrogen-bond donors (Lipinski definition) is 0. The molecule has 8 heteroatoms. The fourth-order valence-corrected chi connectivity index (χ4v) is 4.13. The third-order valence-electron chi connectivity index (χ3n) is 6.32. The van der Waals surface area contributed by atoms with Crippen LogP contribution in [0.5, 0.6) is 0 Å². The quantitative estimate of drug-likeness (QED) is 0.196. The lowest BCUT2D eigenvalue weighted by Crippen LogP contribution is -2.31. The van der Waals surface area contributed by atoms with Crippen LogP contribution in [-0.2, 0) is 34.9 Å². The Bertz CT molecular complexity index is 933. The second-order valence-electron chi connectivity index (χ2n) is 13.3. The summed E-state index contributed by atoms with van der Waals surface area (Å²) in [6, 6.07) is 17.9. The molecule has 344 valence electrons. The van der Waals surface area contributed by atoms with Crippen molar-refractivity contribution < 1.29 is 28.5 Å². The lowest BCUT2D eigenvalue weighted by Gasteiger charge is -2.24. The highest BCUT2D eigenvalue weighted by molar-refractivity contribution is 5.72. The second-order valence-corrected chi connectivity index (χ2v) is 13.3.